The number of nitrogens with zero attached hydrogens (tertiary/aromatic N) is 2. The zero-order valence-corrected chi connectivity index (χ0v) is 12.6. The Morgan fingerprint density at radius 2 is 1.77 bits per heavy atom. The molecule has 114 valence electrons. The van der Waals surface area contributed by atoms with Gasteiger partial charge >= 0.3 is 5.97 Å². The molecule has 2 aromatic rings. The Hall–Kier alpha value is -2.40. The molecule has 1 N–H and O–H groups in total. The Morgan fingerprint density at radius 3 is 2.32 bits per heavy atom. The minimum Gasteiger partial charge on any atom is -0.480 e. The van der Waals surface area contributed by atoms with Gasteiger partial charge in [0.1, 0.15) is 16.8 Å². The molecule has 0 aliphatic rings. The first-order valence-corrected chi connectivity index (χ1v) is 6.99. The minimum absolute atomic E-state index is 0.338. The molecule has 1 aromatic carbocycles. The van der Waals surface area contributed by atoms with Gasteiger partial charge < -0.3 is 9.84 Å². The summed E-state index contributed by atoms with van der Waals surface area (Å²) < 4.78 is 5.26. The first-order valence-electron chi connectivity index (χ1n) is 6.61. The molecule has 0 saturated heterocycles. The standard InChI is InChI=1S/C16H15ClN2O3/c1-3-5-11-12(6-4-2)19-16-13(22-9-14(20)21)8-7-10(17)15(16)18-11/h3-4,7-8H,1-2,5-6,9H2,(H,20,21). The SMILES string of the molecule is C=CCc1nc2c(Cl)ccc(OCC(=O)O)c2nc1CC=C. The predicted molar refractivity (Wildman–Crippen MR) is 85.5 cm³/mol. The number of ether oxygens (including phenoxy) is 1. The number of fused-ring (bicyclic) bond motifs is 1. The molecule has 0 radical (unpaired) electrons. The summed E-state index contributed by atoms with van der Waals surface area (Å²) in [6.45, 7) is 6.96. The van der Waals surface area contributed by atoms with Gasteiger partial charge in [0.15, 0.2) is 6.61 Å². The van der Waals surface area contributed by atoms with Gasteiger partial charge in [-0.15, -0.1) is 13.2 Å². The van der Waals surface area contributed by atoms with Crippen LogP contribution in [0, 0.1) is 0 Å². The summed E-state index contributed by atoms with van der Waals surface area (Å²) in [5.41, 5.74) is 2.43. The summed E-state index contributed by atoms with van der Waals surface area (Å²) in [5.74, 6) is -0.726. The van der Waals surface area contributed by atoms with Crippen LogP contribution in [0.25, 0.3) is 11.0 Å². The van der Waals surface area contributed by atoms with Crippen molar-refractivity contribution in [2.24, 2.45) is 0 Å². The summed E-state index contributed by atoms with van der Waals surface area (Å²) in [6, 6.07) is 3.20. The Labute approximate surface area is 132 Å². The van der Waals surface area contributed by atoms with Crippen LogP contribution in [0.5, 0.6) is 5.75 Å². The molecule has 2 rings (SSSR count). The van der Waals surface area contributed by atoms with Crippen molar-refractivity contribution < 1.29 is 14.6 Å². The fraction of sp³-hybridized carbons (Fsp3) is 0.188. The molecule has 0 bridgehead atoms. The van der Waals surface area contributed by atoms with Gasteiger partial charge in [0.25, 0.3) is 0 Å². The van der Waals surface area contributed by atoms with E-state index in [0.717, 1.165) is 11.4 Å². The number of benzene rings is 1. The number of hydrogen-bond acceptors (Lipinski definition) is 4. The van der Waals surface area contributed by atoms with Crippen LogP contribution in [0.3, 0.4) is 0 Å². The molecule has 0 amide bonds. The zero-order valence-electron chi connectivity index (χ0n) is 11.9. The van der Waals surface area contributed by atoms with Crippen LogP contribution < -0.4 is 4.74 Å². The van der Waals surface area contributed by atoms with Crippen molar-refractivity contribution in [3.8, 4) is 5.75 Å². The average Bonchev–Trinajstić information content (AvgIpc) is 2.48. The number of carboxylic acid groups (broad SMARTS) is 1. The van der Waals surface area contributed by atoms with Crippen molar-refractivity contribution in [1.82, 2.24) is 9.97 Å². The minimum atomic E-state index is -1.06. The van der Waals surface area contributed by atoms with E-state index in [1.165, 1.54) is 0 Å². The summed E-state index contributed by atoms with van der Waals surface area (Å²) in [7, 11) is 0. The highest BCUT2D eigenvalue weighted by molar-refractivity contribution is 6.35. The maximum atomic E-state index is 10.7. The second-order valence-electron chi connectivity index (χ2n) is 4.53. The fourth-order valence-corrected chi connectivity index (χ4v) is 2.20. The second-order valence-corrected chi connectivity index (χ2v) is 4.93. The van der Waals surface area contributed by atoms with Gasteiger partial charge in [-0.05, 0) is 12.1 Å². The predicted octanol–water partition coefficient (Wildman–Crippen LogP) is 3.20. The van der Waals surface area contributed by atoms with E-state index in [2.05, 4.69) is 23.1 Å². The van der Waals surface area contributed by atoms with Crippen molar-refractivity contribution in [2.45, 2.75) is 12.8 Å². The van der Waals surface area contributed by atoms with Gasteiger partial charge in [0.05, 0.1) is 16.4 Å². The van der Waals surface area contributed by atoms with E-state index in [1.54, 1.807) is 24.3 Å². The van der Waals surface area contributed by atoms with Gasteiger partial charge in [-0.3, -0.25) is 0 Å². The van der Waals surface area contributed by atoms with Gasteiger partial charge in [0, 0.05) is 12.8 Å². The molecule has 0 spiro atoms. The lowest BCUT2D eigenvalue weighted by Gasteiger charge is -2.11. The van der Waals surface area contributed by atoms with Crippen LogP contribution in [0.1, 0.15) is 11.4 Å². The maximum Gasteiger partial charge on any atom is 0.341 e. The summed E-state index contributed by atoms with van der Waals surface area (Å²) in [6.07, 6.45) is 4.56. The van der Waals surface area contributed by atoms with E-state index in [-0.39, 0.29) is 0 Å². The lowest BCUT2D eigenvalue weighted by atomic mass is 10.1. The molecule has 0 fully saturated rings. The Balaban J connectivity index is 2.61. The third-order valence-electron chi connectivity index (χ3n) is 2.92. The van der Waals surface area contributed by atoms with E-state index in [0.29, 0.717) is 34.6 Å². The molecular formula is C16H15ClN2O3. The molecule has 0 atom stereocenters. The van der Waals surface area contributed by atoms with E-state index in [4.69, 9.17) is 21.4 Å². The summed E-state index contributed by atoms with van der Waals surface area (Å²) in [5, 5.41) is 9.17. The van der Waals surface area contributed by atoms with Crippen LogP contribution in [-0.2, 0) is 17.6 Å². The van der Waals surface area contributed by atoms with Crippen LogP contribution in [0.4, 0.5) is 0 Å². The highest BCUT2D eigenvalue weighted by Crippen LogP contribution is 2.30. The van der Waals surface area contributed by atoms with Crippen molar-refractivity contribution in [2.75, 3.05) is 6.61 Å². The quantitative estimate of drug-likeness (QED) is 0.794. The molecule has 0 unspecified atom stereocenters. The van der Waals surface area contributed by atoms with Crippen molar-refractivity contribution in [1.29, 1.82) is 0 Å². The molecule has 1 aromatic heterocycles. The van der Waals surface area contributed by atoms with Gasteiger partial charge in [-0.2, -0.15) is 0 Å². The van der Waals surface area contributed by atoms with Crippen molar-refractivity contribution >= 4 is 28.6 Å². The number of rotatable bonds is 7. The van der Waals surface area contributed by atoms with E-state index >= 15 is 0 Å². The van der Waals surface area contributed by atoms with E-state index in [1.807, 2.05) is 0 Å². The molecule has 6 heteroatoms. The van der Waals surface area contributed by atoms with Gasteiger partial charge in [-0.25, -0.2) is 14.8 Å². The molecular weight excluding hydrogens is 304 g/mol. The fourth-order valence-electron chi connectivity index (χ4n) is 2.01. The Bertz CT molecular complexity index is 744. The number of hydrogen-bond donors (Lipinski definition) is 1. The zero-order chi connectivity index (χ0) is 16.1. The van der Waals surface area contributed by atoms with Crippen molar-refractivity contribution in [3.63, 3.8) is 0 Å². The normalized spacial score (nSPS) is 10.4. The van der Waals surface area contributed by atoms with Crippen LogP contribution in [0.15, 0.2) is 37.4 Å². The highest BCUT2D eigenvalue weighted by atomic mass is 35.5. The third-order valence-corrected chi connectivity index (χ3v) is 3.22. The van der Waals surface area contributed by atoms with Crippen LogP contribution in [0.2, 0.25) is 5.02 Å². The summed E-state index contributed by atoms with van der Waals surface area (Å²) in [4.78, 5) is 19.7. The van der Waals surface area contributed by atoms with Gasteiger partial charge in [-0.1, -0.05) is 23.8 Å². The molecule has 1 heterocycles. The van der Waals surface area contributed by atoms with Crippen LogP contribution >= 0.6 is 11.6 Å². The molecule has 0 aliphatic carbocycles. The monoisotopic (exact) mass is 318 g/mol. The number of carboxylic acids is 1. The first kappa shape index (κ1) is 16.0. The molecule has 0 saturated carbocycles. The second kappa shape index (κ2) is 7.04. The van der Waals surface area contributed by atoms with Gasteiger partial charge in [0.2, 0.25) is 0 Å². The third kappa shape index (κ3) is 3.43. The molecule has 5 nitrogen and oxygen atoms in total. The number of aliphatic carboxylic acids is 1. The smallest absolute Gasteiger partial charge is 0.341 e. The van der Waals surface area contributed by atoms with Crippen LogP contribution in [-0.4, -0.2) is 27.7 Å². The Kier molecular flexibility index (Phi) is 5.12. The number of aromatic nitrogens is 2. The number of carbonyl (C=O) groups is 1. The average molecular weight is 319 g/mol. The van der Waals surface area contributed by atoms with E-state index in [9.17, 15) is 4.79 Å². The lowest BCUT2D eigenvalue weighted by Crippen LogP contribution is -2.10. The maximum absolute atomic E-state index is 10.7. The summed E-state index contributed by atoms with van der Waals surface area (Å²) >= 11 is 6.17. The topological polar surface area (TPSA) is 72.3 Å². The molecule has 0 aliphatic heterocycles. The molecule has 22 heavy (non-hydrogen) atoms. The Morgan fingerprint density at radius 1 is 1.18 bits per heavy atom. The first-order chi connectivity index (χ1) is 10.6. The number of allylic oxidation sites excluding steroid dienone is 2. The van der Waals surface area contributed by atoms with Crippen molar-refractivity contribution in [3.05, 3.63) is 53.9 Å². The highest BCUT2D eigenvalue weighted by Gasteiger charge is 2.14. The number of halogens is 1. The largest absolute Gasteiger partial charge is 0.480 e. The lowest BCUT2D eigenvalue weighted by molar-refractivity contribution is -0.139. The van der Waals surface area contributed by atoms with E-state index < -0.39 is 12.6 Å².